The zero-order valence-electron chi connectivity index (χ0n) is 11.8. The average Bonchev–Trinajstić information content (AvgIpc) is 2.52. The normalized spacial score (nSPS) is 10.1. The van der Waals surface area contributed by atoms with Crippen LogP contribution in [-0.2, 0) is 0 Å². The Hall–Kier alpha value is -2.29. The van der Waals surface area contributed by atoms with Crippen molar-refractivity contribution in [1.82, 2.24) is 0 Å². The van der Waals surface area contributed by atoms with Gasteiger partial charge < -0.3 is 9.47 Å². The highest BCUT2D eigenvalue weighted by Crippen LogP contribution is 2.27. The SMILES string of the molecule is CCCOc1ccc(-c2ccc(OC)cc2C=O)cc1. The molecule has 0 radical (unpaired) electrons. The first-order valence-electron chi connectivity index (χ1n) is 6.65. The van der Waals surface area contributed by atoms with E-state index in [-0.39, 0.29) is 0 Å². The summed E-state index contributed by atoms with van der Waals surface area (Å²) in [7, 11) is 1.59. The van der Waals surface area contributed by atoms with E-state index in [1.807, 2.05) is 36.4 Å². The molecule has 20 heavy (non-hydrogen) atoms. The molecule has 3 heteroatoms. The minimum absolute atomic E-state index is 0.617. The zero-order chi connectivity index (χ0) is 14.4. The molecule has 2 aromatic rings. The van der Waals surface area contributed by atoms with Gasteiger partial charge in [-0.25, -0.2) is 0 Å². The van der Waals surface area contributed by atoms with Crippen molar-refractivity contribution in [2.24, 2.45) is 0 Å². The standard InChI is InChI=1S/C17H18O3/c1-3-10-20-15-6-4-13(5-7-15)17-9-8-16(19-2)11-14(17)12-18/h4-9,11-12H,3,10H2,1-2H3. The van der Waals surface area contributed by atoms with Gasteiger partial charge in [-0.05, 0) is 47.9 Å². The molecule has 2 rings (SSSR count). The van der Waals surface area contributed by atoms with Gasteiger partial charge in [0, 0.05) is 5.56 Å². The van der Waals surface area contributed by atoms with Gasteiger partial charge in [0.15, 0.2) is 6.29 Å². The molecule has 0 aromatic heterocycles. The lowest BCUT2D eigenvalue weighted by Gasteiger charge is -2.09. The molecule has 0 N–H and O–H groups in total. The molecule has 0 saturated carbocycles. The van der Waals surface area contributed by atoms with Crippen molar-refractivity contribution >= 4 is 6.29 Å². The van der Waals surface area contributed by atoms with Gasteiger partial charge in [-0.3, -0.25) is 4.79 Å². The summed E-state index contributed by atoms with van der Waals surface area (Å²) in [5, 5.41) is 0. The molecule has 0 fully saturated rings. The van der Waals surface area contributed by atoms with E-state index in [1.54, 1.807) is 13.2 Å². The van der Waals surface area contributed by atoms with Crippen LogP contribution in [0.25, 0.3) is 11.1 Å². The van der Waals surface area contributed by atoms with Crippen molar-refractivity contribution in [2.45, 2.75) is 13.3 Å². The van der Waals surface area contributed by atoms with Crippen LogP contribution >= 0.6 is 0 Å². The summed E-state index contributed by atoms with van der Waals surface area (Å²) in [5.74, 6) is 1.52. The smallest absolute Gasteiger partial charge is 0.150 e. The highest BCUT2D eigenvalue weighted by molar-refractivity contribution is 5.88. The maximum atomic E-state index is 11.2. The Morgan fingerprint density at radius 3 is 2.35 bits per heavy atom. The number of benzene rings is 2. The molecule has 0 amide bonds. The number of ether oxygens (including phenoxy) is 2. The third-order valence-electron chi connectivity index (χ3n) is 3.02. The minimum atomic E-state index is 0.617. The van der Waals surface area contributed by atoms with Gasteiger partial charge in [-0.1, -0.05) is 19.1 Å². The van der Waals surface area contributed by atoms with E-state index in [2.05, 4.69) is 6.92 Å². The molecular formula is C17H18O3. The molecule has 0 saturated heterocycles. The summed E-state index contributed by atoms with van der Waals surface area (Å²) < 4.78 is 10.7. The monoisotopic (exact) mass is 270 g/mol. The zero-order valence-corrected chi connectivity index (χ0v) is 11.8. The lowest BCUT2D eigenvalue weighted by molar-refractivity contribution is 0.112. The lowest BCUT2D eigenvalue weighted by Crippen LogP contribution is -1.95. The summed E-state index contributed by atoms with van der Waals surface area (Å²) in [6.07, 6.45) is 1.83. The van der Waals surface area contributed by atoms with Crippen molar-refractivity contribution in [3.05, 3.63) is 48.0 Å². The summed E-state index contributed by atoms with van der Waals surface area (Å²) >= 11 is 0. The van der Waals surface area contributed by atoms with Crippen LogP contribution in [-0.4, -0.2) is 20.0 Å². The highest BCUT2D eigenvalue weighted by atomic mass is 16.5. The molecule has 0 bridgehead atoms. The van der Waals surface area contributed by atoms with Crippen LogP contribution in [0.1, 0.15) is 23.7 Å². The summed E-state index contributed by atoms with van der Waals surface area (Å²) in [6.45, 7) is 2.78. The van der Waals surface area contributed by atoms with Gasteiger partial charge in [-0.2, -0.15) is 0 Å². The first-order valence-corrected chi connectivity index (χ1v) is 6.65. The number of hydrogen-bond donors (Lipinski definition) is 0. The molecule has 0 unspecified atom stereocenters. The van der Waals surface area contributed by atoms with E-state index in [4.69, 9.17) is 9.47 Å². The third-order valence-corrected chi connectivity index (χ3v) is 3.02. The van der Waals surface area contributed by atoms with Gasteiger partial charge in [0.1, 0.15) is 11.5 Å². The van der Waals surface area contributed by atoms with Crippen LogP contribution in [0.2, 0.25) is 0 Å². The van der Waals surface area contributed by atoms with Gasteiger partial charge in [0.25, 0.3) is 0 Å². The molecule has 0 aliphatic heterocycles. The average molecular weight is 270 g/mol. The molecule has 0 aliphatic rings. The summed E-state index contributed by atoms with van der Waals surface area (Å²) in [5.41, 5.74) is 2.49. The van der Waals surface area contributed by atoms with Crippen LogP contribution < -0.4 is 9.47 Å². The number of methoxy groups -OCH3 is 1. The van der Waals surface area contributed by atoms with E-state index < -0.39 is 0 Å². The van der Waals surface area contributed by atoms with Gasteiger partial charge >= 0.3 is 0 Å². The van der Waals surface area contributed by atoms with Crippen LogP contribution in [0, 0.1) is 0 Å². The Balaban J connectivity index is 2.29. The van der Waals surface area contributed by atoms with Crippen molar-refractivity contribution in [3.63, 3.8) is 0 Å². The van der Waals surface area contributed by atoms with Gasteiger partial charge in [0.2, 0.25) is 0 Å². The predicted molar refractivity (Wildman–Crippen MR) is 79.6 cm³/mol. The Morgan fingerprint density at radius 1 is 1.05 bits per heavy atom. The Morgan fingerprint density at radius 2 is 1.75 bits per heavy atom. The van der Waals surface area contributed by atoms with E-state index in [0.717, 1.165) is 29.6 Å². The fraction of sp³-hybridized carbons (Fsp3) is 0.235. The van der Waals surface area contributed by atoms with Gasteiger partial charge in [-0.15, -0.1) is 0 Å². The second-order valence-corrected chi connectivity index (χ2v) is 4.44. The first kappa shape index (κ1) is 14.1. The molecule has 0 heterocycles. The summed E-state index contributed by atoms with van der Waals surface area (Å²) in [4.78, 5) is 11.2. The second-order valence-electron chi connectivity index (χ2n) is 4.44. The van der Waals surface area contributed by atoms with Crippen molar-refractivity contribution in [1.29, 1.82) is 0 Å². The fourth-order valence-electron chi connectivity index (χ4n) is 1.98. The third kappa shape index (κ3) is 3.18. The molecule has 0 spiro atoms. The van der Waals surface area contributed by atoms with Crippen LogP contribution in [0.5, 0.6) is 11.5 Å². The number of hydrogen-bond acceptors (Lipinski definition) is 3. The highest BCUT2D eigenvalue weighted by Gasteiger charge is 2.06. The Kier molecular flexibility index (Phi) is 4.77. The topological polar surface area (TPSA) is 35.5 Å². The molecule has 0 atom stereocenters. The van der Waals surface area contributed by atoms with E-state index in [0.29, 0.717) is 17.9 Å². The van der Waals surface area contributed by atoms with Crippen LogP contribution in [0.15, 0.2) is 42.5 Å². The quantitative estimate of drug-likeness (QED) is 0.745. The molecule has 3 nitrogen and oxygen atoms in total. The molecule has 0 aliphatic carbocycles. The van der Waals surface area contributed by atoms with Crippen molar-refractivity contribution < 1.29 is 14.3 Å². The minimum Gasteiger partial charge on any atom is -0.497 e. The van der Waals surface area contributed by atoms with Crippen LogP contribution in [0.3, 0.4) is 0 Å². The van der Waals surface area contributed by atoms with E-state index >= 15 is 0 Å². The Bertz CT molecular complexity index is 573. The number of carbonyl (C=O) groups is 1. The molecule has 2 aromatic carbocycles. The number of rotatable bonds is 6. The Labute approximate surface area is 119 Å². The van der Waals surface area contributed by atoms with Crippen molar-refractivity contribution in [2.75, 3.05) is 13.7 Å². The first-order chi connectivity index (χ1) is 9.78. The second kappa shape index (κ2) is 6.75. The van der Waals surface area contributed by atoms with Gasteiger partial charge in [0.05, 0.1) is 13.7 Å². The predicted octanol–water partition coefficient (Wildman–Crippen LogP) is 3.96. The van der Waals surface area contributed by atoms with Crippen LogP contribution in [0.4, 0.5) is 0 Å². The molecule has 104 valence electrons. The lowest BCUT2D eigenvalue weighted by atomic mass is 10.00. The maximum Gasteiger partial charge on any atom is 0.150 e. The number of aldehydes is 1. The van der Waals surface area contributed by atoms with E-state index in [1.165, 1.54) is 0 Å². The summed E-state index contributed by atoms with van der Waals surface area (Å²) in [6, 6.07) is 13.2. The largest absolute Gasteiger partial charge is 0.497 e. The fourth-order valence-corrected chi connectivity index (χ4v) is 1.98. The van der Waals surface area contributed by atoms with E-state index in [9.17, 15) is 4.79 Å². The number of carbonyl (C=O) groups excluding carboxylic acids is 1. The maximum absolute atomic E-state index is 11.2. The van der Waals surface area contributed by atoms with Crippen molar-refractivity contribution in [3.8, 4) is 22.6 Å². The molecular weight excluding hydrogens is 252 g/mol.